The van der Waals surface area contributed by atoms with Crippen LogP contribution in [0.2, 0.25) is 0 Å². The van der Waals surface area contributed by atoms with E-state index in [-0.39, 0.29) is 16.3 Å². The summed E-state index contributed by atoms with van der Waals surface area (Å²) < 4.78 is 8.78. The zero-order valence-electron chi connectivity index (χ0n) is 12.2. The van der Waals surface area contributed by atoms with Gasteiger partial charge in [0, 0.05) is 7.05 Å². The number of ether oxygens (including phenoxy) is 1. The number of benzene rings is 1. The van der Waals surface area contributed by atoms with Crippen molar-refractivity contribution in [3.63, 3.8) is 0 Å². The molecule has 0 bridgehead atoms. The van der Waals surface area contributed by atoms with Gasteiger partial charge in [0.05, 0.1) is 12.8 Å². The molecular weight excluding hydrogens is 320 g/mol. The number of carbonyl (C=O) groups excluding carboxylic acids is 2. The first kappa shape index (κ1) is 16.3. The van der Waals surface area contributed by atoms with Gasteiger partial charge in [0.2, 0.25) is 0 Å². The van der Waals surface area contributed by atoms with Crippen LogP contribution in [0.4, 0.5) is 5.69 Å². The van der Waals surface area contributed by atoms with Crippen molar-refractivity contribution in [1.29, 1.82) is 0 Å². The average molecular weight is 332 g/mol. The lowest BCUT2D eigenvalue weighted by molar-refractivity contribution is -0.118. The number of likely N-dealkylation sites (N-methyl/N-ethyl adjacent to an activating group) is 1. The first-order valence-corrected chi connectivity index (χ1v) is 7.11. The summed E-state index contributed by atoms with van der Waals surface area (Å²) >= 11 is 0.770. The number of nitrogens with zero attached hydrogens (tertiary/aromatic N) is 4. The molecular formula is C13H12N6O3S. The zero-order chi connectivity index (χ0) is 16.8. The first-order chi connectivity index (χ1) is 11.1. The molecule has 9 nitrogen and oxygen atoms in total. The molecule has 0 unspecified atom stereocenters. The summed E-state index contributed by atoms with van der Waals surface area (Å²) in [5.74, 6) is -0.805. The largest absolute Gasteiger partial charge is 0.495 e. The Morgan fingerprint density at radius 1 is 1.35 bits per heavy atom. The van der Waals surface area contributed by atoms with E-state index >= 15 is 0 Å². The van der Waals surface area contributed by atoms with E-state index in [0.717, 1.165) is 11.5 Å². The van der Waals surface area contributed by atoms with E-state index in [9.17, 15) is 9.59 Å². The zero-order valence-corrected chi connectivity index (χ0v) is 13.0. The van der Waals surface area contributed by atoms with Crippen LogP contribution in [0, 0.1) is 0 Å². The van der Waals surface area contributed by atoms with Crippen LogP contribution in [0.25, 0.3) is 5.53 Å². The molecule has 0 radical (unpaired) electrons. The standard InChI is InChI=1S/C13H12N6O3S/c1-15-12(20)9(17-14)11-10(18-19-23-11)13(21)16-7-5-3-4-6-8(7)22-2/h3-6H,1-2H3,(H,15,20)(H,16,21). The Balaban J connectivity index is 2.33. The highest BCUT2D eigenvalue weighted by Gasteiger charge is 2.31. The number of nitrogens with one attached hydrogen (secondary N) is 2. The Hall–Kier alpha value is -3.10. The molecule has 118 valence electrons. The predicted octanol–water partition coefficient (Wildman–Crippen LogP) is 0.564. The highest BCUT2D eigenvalue weighted by molar-refractivity contribution is 7.09. The third-order valence-corrected chi connectivity index (χ3v) is 3.55. The average Bonchev–Trinajstić information content (AvgIpc) is 3.05. The number of carbonyl (C=O) groups is 2. The Morgan fingerprint density at radius 3 is 2.74 bits per heavy atom. The number of hydrogen-bond acceptors (Lipinski definition) is 6. The summed E-state index contributed by atoms with van der Waals surface area (Å²) in [5, 5.41) is 8.62. The van der Waals surface area contributed by atoms with Crippen molar-refractivity contribution in [2.75, 3.05) is 19.5 Å². The maximum absolute atomic E-state index is 12.4. The number of anilines is 1. The van der Waals surface area contributed by atoms with Crippen molar-refractivity contribution in [3.05, 3.63) is 40.4 Å². The normalized spacial score (nSPS) is 9.65. The van der Waals surface area contributed by atoms with Crippen LogP contribution in [-0.4, -0.2) is 46.1 Å². The van der Waals surface area contributed by atoms with E-state index in [2.05, 4.69) is 25.0 Å². The van der Waals surface area contributed by atoms with Crippen molar-refractivity contribution in [2.24, 2.45) is 0 Å². The molecule has 0 aliphatic rings. The van der Waals surface area contributed by atoms with Crippen LogP contribution in [0.5, 0.6) is 5.75 Å². The number of rotatable bonds is 5. The van der Waals surface area contributed by atoms with Gasteiger partial charge in [0.25, 0.3) is 5.91 Å². The van der Waals surface area contributed by atoms with Crippen LogP contribution in [0.1, 0.15) is 15.4 Å². The van der Waals surface area contributed by atoms with Gasteiger partial charge in [-0.2, -0.15) is 4.79 Å². The predicted molar refractivity (Wildman–Crippen MR) is 82.7 cm³/mol. The number of hydrogen-bond donors (Lipinski definition) is 2. The van der Waals surface area contributed by atoms with Gasteiger partial charge in [-0.1, -0.05) is 16.6 Å². The lowest BCUT2D eigenvalue weighted by atomic mass is 10.2. The number of methoxy groups -OCH3 is 1. The van der Waals surface area contributed by atoms with E-state index in [4.69, 9.17) is 10.3 Å². The summed E-state index contributed by atoms with van der Waals surface area (Å²) in [5.41, 5.74) is 8.97. The summed E-state index contributed by atoms with van der Waals surface area (Å²) in [4.78, 5) is 27.0. The molecule has 2 aromatic rings. The number of amides is 2. The Kier molecular flexibility index (Phi) is 5.13. The van der Waals surface area contributed by atoms with Gasteiger partial charge in [-0.15, -0.1) is 5.10 Å². The lowest BCUT2D eigenvalue weighted by Crippen LogP contribution is -2.30. The third-order valence-electron chi connectivity index (χ3n) is 2.82. The topological polar surface area (TPSA) is 130 Å². The van der Waals surface area contributed by atoms with Crippen molar-refractivity contribution in [1.82, 2.24) is 14.9 Å². The van der Waals surface area contributed by atoms with Crippen LogP contribution in [0.3, 0.4) is 0 Å². The molecule has 0 fully saturated rings. The monoisotopic (exact) mass is 332 g/mol. The quantitative estimate of drug-likeness (QED) is 0.469. The molecule has 0 atom stereocenters. The van der Waals surface area contributed by atoms with E-state index in [1.807, 2.05) is 0 Å². The second-order valence-electron chi connectivity index (χ2n) is 4.13. The fraction of sp³-hybridized carbons (Fsp3) is 0.154. The molecule has 0 saturated carbocycles. The van der Waals surface area contributed by atoms with Gasteiger partial charge in [0.15, 0.2) is 10.6 Å². The van der Waals surface area contributed by atoms with Crippen LogP contribution in [-0.2, 0) is 4.79 Å². The van der Waals surface area contributed by atoms with Gasteiger partial charge in [0.1, 0.15) is 5.75 Å². The van der Waals surface area contributed by atoms with Gasteiger partial charge in [-0.25, -0.2) is 0 Å². The van der Waals surface area contributed by atoms with Gasteiger partial charge in [-0.05, 0) is 23.7 Å². The molecule has 0 aliphatic heterocycles. The van der Waals surface area contributed by atoms with E-state index in [1.54, 1.807) is 24.3 Å². The minimum absolute atomic E-state index is 0.0549. The second kappa shape index (κ2) is 7.25. The van der Waals surface area contributed by atoms with Crippen molar-refractivity contribution < 1.29 is 19.1 Å². The fourth-order valence-corrected chi connectivity index (χ4v) is 2.38. The molecule has 0 aliphatic carbocycles. The highest BCUT2D eigenvalue weighted by atomic mass is 32.1. The molecule has 0 spiro atoms. The molecule has 1 aromatic carbocycles. The maximum atomic E-state index is 12.4. The minimum Gasteiger partial charge on any atom is -0.495 e. The second-order valence-corrected chi connectivity index (χ2v) is 4.89. The summed E-state index contributed by atoms with van der Waals surface area (Å²) in [7, 11) is 2.85. The van der Waals surface area contributed by atoms with Crippen LogP contribution < -0.4 is 15.4 Å². The minimum atomic E-state index is -0.662. The number of para-hydroxylation sites is 2. The maximum Gasteiger partial charge on any atom is 0.400 e. The Morgan fingerprint density at radius 2 is 2.09 bits per heavy atom. The molecule has 2 rings (SSSR count). The highest BCUT2D eigenvalue weighted by Crippen LogP contribution is 2.24. The molecule has 23 heavy (non-hydrogen) atoms. The molecule has 1 aromatic heterocycles. The first-order valence-electron chi connectivity index (χ1n) is 6.33. The summed E-state index contributed by atoms with van der Waals surface area (Å²) in [6, 6.07) is 6.81. The SMILES string of the molecule is CNC(=O)C(=[N+]=[N-])c1snnc1C(=O)Nc1ccccc1OC. The van der Waals surface area contributed by atoms with Crippen LogP contribution in [0.15, 0.2) is 24.3 Å². The molecule has 0 saturated heterocycles. The van der Waals surface area contributed by atoms with Gasteiger partial charge >= 0.3 is 11.6 Å². The van der Waals surface area contributed by atoms with E-state index in [1.165, 1.54) is 14.2 Å². The third kappa shape index (κ3) is 3.39. The lowest BCUT2D eigenvalue weighted by Gasteiger charge is -2.08. The smallest absolute Gasteiger partial charge is 0.400 e. The summed E-state index contributed by atoms with van der Waals surface area (Å²) in [6.07, 6.45) is 0. The molecule has 10 heteroatoms. The van der Waals surface area contributed by atoms with Crippen molar-refractivity contribution >= 4 is 34.7 Å². The van der Waals surface area contributed by atoms with Gasteiger partial charge in [-0.3, -0.25) is 9.59 Å². The number of aromatic nitrogens is 2. The molecule has 1 heterocycles. The van der Waals surface area contributed by atoms with Gasteiger partial charge < -0.3 is 20.9 Å². The Labute approximate surface area is 135 Å². The van der Waals surface area contributed by atoms with E-state index < -0.39 is 11.8 Å². The van der Waals surface area contributed by atoms with Crippen molar-refractivity contribution in [3.8, 4) is 5.75 Å². The van der Waals surface area contributed by atoms with E-state index in [0.29, 0.717) is 11.4 Å². The van der Waals surface area contributed by atoms with Crippen molar-refractivity contribution in [2.45, 2.75) is 0 Å². The summed E-state index contributed by atoms with van der Waals surface area (Å²) in [6.45, 7) is 0. The van der Waals surface area contributed by atoms with Crippen LogP contribution >= 0.6 is 11.5 Å². The fourth-order valence-electron chi connectivity index (χ4n) is 1.74. The molecule has 2 amide bonds. The molecule has 2 N–H and O–H groups in total. The Bertz CT molecular complexity index is 797.